The molecule has 0 aliphatic carbocycles. The van der Waals surface area contributed by atoms with Gasteiger partial charge in [0.2, 0.25) is 0 Å². The largest absolute Gasteiger partial charge is 0.265 e. The van der Waals surface area contributed by atoms with Crippen molar-refractivity contribution in [2.45, 2.75) is 13.3 Å². The highest BCUT2D eigenvalue weighted by Gasteiger charge is 2.04. The Balaban J connectivity index is 2.49. The van der Waals surface area contributed by atoms with Crippen LogP contribution in [0.15, 0.2) is 30.6 Å². The number of nitrogens with zero attached hydrogens (tertiary/aromatic N) is 3. The Kier molecular flexibility index (Phi) is 2.92. The Morgan fingerprint density at radius 3 is 2.60 bits per heavy atom. The lowest BCUT2D eigenvalue weighted by atomic mass is 10.2. The fraction of sp³-hybridized carbons (Fsp3) is 0.182. The van der Waals surface area contributed by atoms with Gasteiger partial charge in [-0.25, -0.2) is 9.97 Å². The van der Waals surface area contributed by atoms with Crippen LogP contribution in [0.5, 0.6) is 0 Å². The Hall–Kier alpha value is -1.48. The molecule has 0 bridgehead atoms. The van der Waals surface area contributed by atoms with Gasteiger partial charge < -0.3 is 0 Å². The first-order valence-corrected chi connectivity index (χ1v) is 5.11. The van der Waals surface area contributed by atoms with Gasteiger partial charge in [0, 0.05) is 23.7 Å². The van der Waals surface area contributed by atoms with Crippen molar-refractivity contribution in [2.24, 2.45) is 0 Å². The minimum absolute atomic E-state index is 0.480. The van der Waals surface area contributed by atoms with Crippen molar-refractivity contribution in [3.8, 4) is 11.4 Å². The van der Waals surface area contributed by atoms with Gasteiger partial charge in [0.15, 0.2) is 5.82 Å². The molecule has 2 heterocycles. The molecule has 2 aromatic rings. The van der Waals surface area contributed by atoms with Crippen molar-refractivity contribution in [1.29, 1.82) is 0 Å². The van der Waals surface area contributed by atoms with E-state index < -0.39 is 0 Å². The first-order valence-electron chi connectivity index (χ1n) is 4.73. The van der Waals surface area contributed by atoms with E-state index in [0.717, 1.165) is 17.7 Å². The van der Waals surface area contributed by atoms with E-state index in [1.165, 1.54) is 0 Å². The summed E-state index contributed by atoms with van der Waals surface area (Å²) >= 11 is 5.91. The van der Waals surface area contributed by atoms with Gasteiger partial charge in [0.25, 0.3) is 0 Å². The number of aromatic nitrogens is 3. The number of hydrogen-bond acceptors (Lipinski definition) is 3. The molecule has 0 saturated carbocycles. The number of aryl methyl sites for hydroxylation is 1. The number of pyridine rings is 1. The summed E-state index contributed by atoms with van der Waals surface area (Å²) in [6.07, 6.45) is 4.27. The zero-order valence-corrected chi connectivity index (χ0v) is 9.07. The summed E-state index contributed by atoms with van der Waals surface area (Å²) < 4.78 is 0. The summed E-state index contributed by atoms with van der Waals surface area (Å²) in [5.74, 6) is 0.654. The van der Waals surface area contributed by atoms with E-state index in [2.05, 4.69) is 15.0 Å². The number of halogens is 1. The van der Waals surface area contributed by atoms with Crippen LogP contribution in [0.4, 0.5) is 0 Å². The molecule has 0 aromatic carbocycles. The van der Waals surface area contributed by atoms with Crippen LogP contribution in [-0.4, -0.2) is 15.0 Å². The average Bonchev–Trinajstić information content (AvgIpc) is 2.29. The molecule has 0 aliphatic heterocycles. The SMILES string of the molecule is CCc1cc(Cl)nc(-c2ccncc2)n1. The van der Waals surface area contributed by atoms with Crippen molar-refractivity contribution in [2.75, 3.05) is 0 Å². The van der Waals surface area contributed by atoms with Crippen LogP contribution in [0.25, 0.3) is 11.4 Å². The van der Waals surface area contributed by atoms with Crippen LogP contribution < -0.4 is 0 Å². The summed E-state index contributed by atoms with van der Waals surface area (Å²) in [7, 11) is 0. The molecule has 0 unspecified atom stereocenters. The standard InChI is InChI=1S/C11H10ClN3/c1-2-9-7-10(12)15-11(14-9)8-3-5-13-6-4-8/h3-7H,2H2,1H3. The minimum Gasteiger partial charge on any atom is -0.265 e. The quantitative estimate of drug-likeness (QED) is 0.729. The molecule has 4 heteroatoms. The van der Waals surface area contributed by atoms with Crippen LogP contribution in [-0.2, 0) is 6.42 Å². The fourth-order valence-electron chi connectivity index (χ4n) is 1.28. The first kappa shape index (κ1) is 10.1. The van der Waals surface area contributed by atoms with E-state index in [9.17, 15) is 0 Å². The summed E-state index contributed by atoms with van der Waals surface area (Å²) in [6.45, 7) is 2.04. The van der Waals surface area contributed by atoms with E-state index in [4.69, 9.17) is 11.6 Å². The molecule has 3 nitrogen and oxygen atoms in total. The Morgan fingerprint density at radius 1 is 1.20 bits per heavy atom. The van der Waals surface area contributed by atoms with Gasteiger partial charge in [-0.1, -0.05) is 18.5 Å². The maximum absolute atomic E-state index is 5.91. The smallest absolute Gasteiger partial charge is 0.161 e. The highest BCUT2D eigenvalue weighted by atomic mass is 35.5. The molecular formula is C11H10ClN3. The molecule has 0 N–H and O–H groups in total. The molecule has 0 saturated heterocycles. The number of rotatable bonds is 2. The maximum atomic E-state index is 5.91. The number of hydrogen-bond donors (Lipinski definition) is 0. The lowest BCUT2D eigenvalue weighted by Crippen LogP contribution is -1.94. The van der Waals surface area contributed by atoms with E-state index in [1.807, 2.05) is 19.1 Å². The molecule has 0 spiro atoms. The molecular weight excluding hydrogens is 210 g/mol. The van der Waals surface area contributed by atoms with E-state index in [-0.39, 0.29) is 0 Å². The van der Waals surface area contributed by atoms with E-state index >= 15 is 0 Å². The zero-order valence-electron chi connectivity index (χ0n) is 8.31. The minimum atomic E-state index is 0.480. The van der Waals surface area contributed by atoms with Gasteiger partial charge in [-0.2, -0.15) is 0 Å². The molecule has 0 radical (unpaired) electrons. The Morgan fingerprint density at radius 2 is 1.93 bits per heavy atom. The third-order valence-electron chi connectivity index (χ3n) is 2.05. The van der Waals surface area contributed by atoms with Gasteiger partial charge in [0.05, 0.1) is 0 Å². The Labute approximate surface area is 93.2 Å². The molecule has 0 amide bonds. The second-order valence-electron chi connectivity index (χ2n) is 3.10. The van der Waals surface area contributed by atoms with Crippen LogP contribution in [0.2, 0.25) is 5.15 Å². The summed E-state index contributed by atoms with van der Waals surface area (Å²) in [6, 6.07) is 5.52. The molecule has 76 valence electrons. The second kappa shape index (κ2) is 4.36. The van der Waals surface area contributed by atoms with Gasteiger partial charge in [0.1, 0.15) is 5.15 Å². The zero-order chi connectivity index (χ0) is 10.7. The highest BCUT2D eigenvalue weighted by Crippen LogP contribution is 2.17. The molecule has 0 atom stereocenters. The maximum Gasteiger partial charge on any atom is 0.161 e. The van der Waals surface area contributed by atoms with E-state index in [1.54, 1.807) is 18.5 Å². The van der Waals surface area contributed by atoms with Crippen molar-refractivity contribution in [3.05, 3.63) is 41.4 Å². The van der Waals surface area contributed by atoms with Crippen molar-refractivity contribution >= 4 is 11.6 Å². The van der Waals surface area contributed by atoms with Gasteiger partial charge in [-0.15, -0.1) is 0 Å². The van der Waals surface area contributed by atoms with Crippen molar-refractivity contribution in [1.82, 2.24) is 15.0 Å². The van der Waals surface area contributed by atoms with Gasteiger partial charge in [-0.3, -0.25) is 4.98 Å². The second-order valence-corrected chi connectivity index (χ2v) is 3.48. The lowest BCUT2D eigenvalue weighted by molar-refractivity contribution is 1.00. The third kappa shape index (κ3) is 2.30. The predicted octanol–water partition coefficient (Wildman–Crippen LogP) is 2.75. The van der Waals surface area contributed by atoms with Crippen LogP contribution >= 0.6 is 11.6 Å². The Bertz CT molecular complexity index is 457. The monoisotopic (exact) mass is 219 g/mol. The van der Waals surface area contributed by atoms with E-state index in [0.29, 0.717) is 11.0 Å². The van der Waals surface area contributed by atoms with Crippen LogP contribution in [0, 0.1) is 0 Å². The molecule has 0 fully saturated rings. The molecule has 15 heavy (non-hydrogen) atoms. The summed E-state index contributed by atoms with van der Waals surface area (Å²) in [4.78, 5) is 12.5. The lowest BCUT2D eigenvalue weighted by Gasteiger charge is -2.02. The van der Waals surface area contributed by atoms with Crippen LogP contribution in [0.3, 0.4) is 0 Å². The van der Waals surface area contributed by atoms with Crippen molar-refractivity contribution in [3.63, 3.8) is 0 Å². The summed E-state index contributed by atoms with van der Waals surface area (Å²) in [5.41, 5.74) is 1.88. The molecule has 2 aromatic heterocycles. The van der Waals surface area contributed by atoms with Crippen molar-refractivity contribution < 1.29 is 0 Å². The fourth-order valence-corrected chi connectivity index (χ4v) is 1.48. The van der Waals surface area contributed by atoms with Crippen LogP contribution in [0.1, 0.15) is 12.6 Å². The third-order valence-corrected chi connectivity index (χ3v) is 2.24. The summed E-state index contributed by atoms with van der Waals surface area (Å²) in [5, 5.41) is 0.480. The molecule has 2 rings (SSSR count). The highest BCUT2D eigenvalue weighted by molar-refractivity contribution is 6.29. The topological polar surface area (TPSA) is 38.7 Å². The molecule has 0 aliphatic rings. The van der Waals surface area contributed by atoms with Gasteiger partial charge >= 0.3 is 0 Å². The predicted molar refractivity (Wildman–Crippen MR) is 59.7 cm³/mol. The van der Waals surface area contributed by atoms with Gasteiger partial charge in [-0.05, 0) is 24.6 Å². The average molecular weight is 220 g/mol. The first-order chi connectivity index (χ1) is 7.29. The normalized spacial score (nSPS) is 10.3.